The highest BCUT2D eigenvalue weighted by molar-refractivity contribution is 5.59. The summed E-state index contributed by atoms with van der Waals surface area (Å²) in [6.45, 7) is 1.92. The number of rotatable bonds is 2. The fraction of sp³-hybridized carbons (Fsp3) is 0.154. The fourth-order valence-corrected chi connectivity index (χ4v) is 1.56. The summed E-state index contributed by atoms with van der Waals surface area (Å²) in [4.78, 5) is 4.64. The minimum absolute atomic E-state index is 0.252. The van der Waals surface area contributed by atoms with Gasteiger partial charge in [-0.2, -0.15) is 9.37 Å². The molecule has 0 spiro atoms. The van der Waals surface area contributed by atoms with Gasteiger partial charge in [-0.05, 0) is 19.1 Å². The summed E-state index contributed by atoms with van der Waals surface area (Å²) in [6.07, 6.45) is 0. The van der Waals surface area contributed by atoms with Crippen LogP contribution < -0.4 is 4.90 Å². The van der Waals surface area contributed by atoms with Crippen molar-refractivity contribution >= 4 is 11.5 Å². The summed E-state index contributed by atoms with van der Waals surface area (Å²) in [5.41, 5.74) is 1.68. The van der Waals surface area contributed by atoms with E-state index in [1.807, 2.05) is 19.1 Å². The molecule has 1 aromatic heterocycles. The van der Waals surface area contributed by atoms with Crippen LogP contribution in [0.2, 0.25) is 0 Å². The van der Waals surface area contributed by atoms with Crippen molar-refractivity contribution in [1.82, 2.24) is 4.98 Å². The first kappa shape index (κ1) is 12.4. The summed E-state index contributed by atoms with van der Waals surface area (Å²) in [6, 6.07) is 7.66. The topological polar surface area (TPSA) is 16.1 Å². The Bertz CT molecular complexity index is 567. The van der Waals surface area contributed by atoms with Gasteiger partial charge in [-0.1, -0.05) is 17.7 Å². The van der Waals surface area contributed by atoms with E-state index in [4.69, 9.17) is 0 Å². The maximum atomic E-state index is 13.5. The summed E-state index contributed by atoms with van der Waals surface area (Å²) < 4.78 is 39.3. The lowest BCUT2D eigenvalue weighted by molar-refractivity contribution is 0.465. The predicted octanol–water partition coefficient (Wildman–Crippen LogP) is 3.58. The van der Waals surface area contributed by atoms with Crippen molar-refractivity contribution in [2.45, 2.75) is 6.92 Å². The molecule has 1 heterocycles. The molecule has 0 atom stereocenters. The van der Waals surface area contributed by atoms with Gasteiger partial charge in [0.1, 0.15) is 0 Å². The summed E-state index contributed by atoms with van der Waals surface area (Å²) in [5, 5.41) is 0. The van der Waals surface area contributed by atoms with Crippen LogP contribution in [-0.2, 0) is 0 Å². The van der Waals surface area contributed by atoms with Crippen molar-refractivity contribution in [3.05, 3.63) is 53.5 Å². The average molecular weight is 252 g/mol. The molecule has 94 valence electrons. The number of nitrogens with zero attached hydrogens (tertiary/aromatic N) is 2. The molecule has 0 amide bonds. The number of aromatic nitrogens is 1. The van der Waals surface area contributed by atoms with Crippen LogP contribution in [0.5, 0.6) is 0 Å². The Morgan fingerprint density at radius 2 is 1.61 bits per heavy atom. The summed E-state index contributed by atoms with van der Waals surface area (Å²) in [7, 11) is 1.54. The molecule has 0 fully saturated rings. The second kappa shape index (κ2) is 4.68. The second-order valence-electron chi connectivity index (χ2n) is 3.96. The number of anilines is 2. The van der Waals surface area contributed by atoms with E-state index in [2.05, 4.69) is 4.98 Å². The molecule has 0 unspecified atom stereocenters. The normalized spacial score (nSPS) is 10.5. The lowest BCUT2D eigenvalue weighted by Crippen LogP contribution is -2.14. The Balaban J connectivity index is 2.42. The minimum atomic E-state index is -1.31. The number of hydrogen-bond acceptors (Lipinski definition) is 2. The molecule has 2 nitrogen and oxygen atoms in total. The zero-order valence-electron chi connectivity index (χ0n) is 9.92. The Kier molecular flexibility index (Phi) is 3.23. The first-order chi connectivity index (χ1) is 8.49. The van der Waals surface area contributed by atoms with E-state index in [-0.39, 0.29) is 5.82 Å². The van der Waals surface area contributed by atoms with Crippen molar-refractivity contribution in [3.8, 4) is 0 Å². The van der Waals surface area contributed by atoms with Crippen molar-refractivity contribution in [3.63, 3.8) is 0 Å². The second-order valence-corrected chi connectivity index (χ2v) is 3.96. The molecule has 0 saturated carbocycles. The number of aryl methyl sites for hydroxylation is 1. The van der Waals surface area contributed by atoms with Crippen molar-refractivity contribution in [2.75, 3.05) is 11.9 Å². The quantitative estimate of drug-likeness (QED) is 0.759. The molecule has 0 aliphatic rings. The first-order valence-electron chi connectivity index (χ1n) is 5.31. The third kappa shape index (κ3) is 2.30. The molecule has 1 aromatic carbocycles. The third-order valence-electron chi connectivity index (χ3n) is 2.61. The van der Waals surface area contributed by atoms with E-state index >= 15 is 0 Å². The van der Waals surface area contributed by atoms with E-state index in [9.17, 15) is 13.2 Å². The van der Waals surface area contributed by atoms with Crippen LogP contribution >= 0.6 is 0 Å². The number of hydrogen-bond donors (Lipinski definition) is 0. The Morgan fingerprint density at radius 3 is 2.22 bits per heavy atom. The maximum absolute atomic E-state index is 13.5. The minimum Gasteiger partial charge on any atom is -0.327 e. The van der Waals surface area contributed by atoms with E-state index in [0.29, 0.717) is 11.8 Å². The summed E-state index contributed by atoms with van der Waals surface area (Å²) >= 11 is 0. The SMILES string of the molecule is Cc1ccc(N(C)c2nc(F)c(F)cc2F)cc1. The van der Waals surface area contributed by atoms with E-state index < -0.39 is 17.6 Å². The third-order valence-corrected chi connectivity index (χ3v) is 2.61. The van der Waals surface area contributed by atoms with Gasteiger partial charge in [0.2, 0.25) is 0 Å². The lowest BCUT2D eigenvalue weighted by Gasteiger charge is -2.19. The molecule has 0 radical (unpaired) electrons. The van der Waals surface area contributed by atoms with E-state index in [1.54, 1.807) is 12.1 Å². The Morgan fingerprint density at radius 1 is 1.00 bits per heavy atom. The number of pyridine rings is 1. The maximum Gasteiger partial charge on any atom is 0.251 e. The van der Waals surface area contributed by atoms with Gasteiger partial charge in [-0.3, -0.25) is 0 Å². The lowest BCUT2D eigenvalue weighted by atomic mass is 10.2. The molecule has 18 heavy (non-hydrogen) atoms. The average Bonchev–Trinajstić information content (AvgIpc) is 2.34. The van der Waals surface area contributed by atoms with Gasteiger partial charge in [0, 0.05) is 18.8 Å². The molecule has 0 saturated heterocycles. The highest BCUT2D eigenvalue weighted by atomic mass is 19.2. The van der Waals surface area contributed by atoms with Crippen molar-refractivity contribution in [1.29, 1.82) is 0 Å². The van der Waals surface area contributed by atoms with Gasteiger partial charge in [0.05, 0.1) is 0 Å². The van der Waals surface area contributed by atoms with Crippen LogP contribution in [0.3, 0.4) is 0 Å². The van der Waals surface area contributed by atoms with Gasteiger partial charge in [-0.15, -0.1) is 0 Å². The number of halogens is 3. The van der Waals surface area contributed by atoms with Crippen LogP contribution in [0, 0.1) is 24.5 Å². The van der Waals surface area contributed by atoms with E-state index in [0.717, 1.165) is 5.56 Å². The Hall–Kier alpha value is -2.04. The van der Waals surface area contributed by atoms with Crippen LogP contribution in [-0.4, -0.2) is 12.0 Å². The molecule has 0 bridgehead atoms. The van der Waals surface area contributed by atoms with Gasteiger partial charge in [0.15, 0.2) is 17.5 Å². The monoisotopic (exact) mass is 252 g/mol. The van der Waals surface area contributed by atoms with Crippen molar-refractivity contribution in [2.24, 2.45) is 0 Å². The van der Waals surface area contributed by atoms with Gasteiger partial charge in [0.25, 0.3) is 5.95 Å². The molecule has 0 aliphatic carbocycles. The van der Waals surface area contributed by atoms with Gasteiger partial charge < -0.3 is 4.90 Å². The molecule has 5 heteroatoms. The highest BCUT2D eigenvalue weighted by Crippen LogP contribution is 2.25. The van der Waals surface area contributed by atoms with Crippen LogP contribution in [0.4, 0.5) is 24.7 Å². The van der Waals surface area contributed by atoms with Gasteiger partial charge in [-0.25, -0.2) is 8.78 Å². The number of benzene rings is 1. The van der Waals surface area contributed by atoms with Crippen LogP contribution in [0.1, 0.15) is 5.56 Å². The zero-order valence-corrected chi connectivity index (χ0v) is 9.92. The van der Waals surface area contributed by atoms with Crippen molar-refractivity contribution < 1.29 is 13.2 Å². The molecule has 0 N–H and O–H groups in total. The largest absolute Gasteiger partial charge is 0.327 e. The van der Waals surface area contributed by atoms with E-state index in [1.165, 1.54) is 11.9 Å². The first-order valence-corrected chi connectivity index (χ1v) is 5.31. The summed E-state index contributed by atoms with van der Waals surface area (Å²) in [5.74, 6) is -3.77. The molecular weight excluding hydrogens is 241 g/mol. The molecular formula is C13H11F3N2. The van der Waals surface area contributed by atoms with Crippen LogP contribution in [0.25, 0.3) is 0 Å². The highest BCUT2D eigenvalue weighted by Gasteiger charge is 2.16. The molecule has 0 aliphatic heterocycles. The predicted molar refractivity (Wildman–Crippen MR) is 63.4 cm³/mol. The van der Waals surface area contributed by atoms with Gasteiger partial charge >= 0.3 is 0 Å². The zero-order chi connectivity index (χ0) is 13.3. The standard InChI is InChI=1S/C13H11F3N2/c1-8-3-5-9(6-4-8)18(2)13-11(15)7-10(14)12(16)17-13/h3-7H,1-2H3. The molecule has 2 rings (SSSR count). The smallest absolute Gasteiger partial charge is 0.251 e. The fourth-order valence-electron chi connectivity index (χ4n) is 1.56. The van der Waals surface area contributed by atoms with Crippen LogP contribution in [0.15, 0.2) is 30.3 Å². The Labute approximate surface area is 103 Å². The molecule has 2 aromatic rings.